The van der Waals surface area contributed by atoms with Gasteiger partial charge in [-0.05, 0) is 12.1 Å². The number of benzene rings is 1. The van der Waals surface area contributed by atoms with Crippen molar-refractivity contribution < 1.29 is 31.5 Å². The molecule has 0 amide bonds. The van der Waals surface area contributed by atoms with E-state index in [9.17, 15) is 19.6 Å². The first-order valence-corrected chi connectivity index (χ1v) is 4.02. The number of aromatic nitrogens is 1. The number of nitro benzene ring substituents is 1. The average Bonchev–Trinajstić information content (AvgIpc) is 2.23. The van der Waals surface area contributed by atoms with Crippen LogP contribution in [0.25, 0.3) is 10.9 Å². The van der Waals surface area contributed by atoms with Crippen molar-refractivity contribution >= 4 is 16.6 Å². The summed E-state index contributed by atoms with van der Waals surface area (Å²) >= 11 is 0. The second-order valence-corrected chi connectivity index (χ2v) is 2.88. The number of pyridine rings is 1. The van der Waals surface area contributed by atoms with E-state index in [4.69, 9.17) is 0 Å². The van der Waals surface area contributed by atoms with E-state index in [1.54, 1.807) is 0 Å². The normalized spacial score (nSPS) is 9.81. The van der Waals surface area contributed by atoms with Gasteiger partial charge in [0.05, 0.1) is 11.0 Å². The maximum Gasteiger partial charge on any atom is 2.00 e. The zero-order valence-corrected chi connectivity index (χ0v) is 8.59. The van der Waals surface area contributed by atoms with Crippen LogP contribution in [-0.4, -0.2) is 15.0 Å². The second kappa shape index (κ2) is 4.42. The van der Waals surface area contributed by atoms with Gasteiger partial charge < -0.3 is 5.11 Å². The van der Waals surface area contributed by atoms with Crippen LogP contribution < -0.4 is 0 Å². The van der Waals surface area contributed by atoms with E-state index in [1.807, 2.05) is 0 Å². The zero-order valence-electron chi connectivity index (χ0n) is 7.65. The van der Waals surface area contributed by atoms with Crippen molar-refractivity contribution in [3.8, 4) is 5.75 Å². The number of aromatic hydroxyl groups is 1. The predicted octanol–water partition coefficient (Wildman–Crippen LogP) is 1.99. The Hall–Kier alpha value is -1.72. The molecule has 0 atom stereocenters. The van der Waals surface area contributed by atoms with Gasteiger partial charge >= 0.3 is 22.8 Å². The van der Waals surface area contributed by atoms with Gasteiger partial charge in [0.25, 0.3) is 0 Å². The Morgan fingerprint density at radius 1 is 1.50 bits per heavy atom. The van der Waals surface area contributed by atoms with Crippen LogP contribution >= 0.6 is 0 Å². The van der Waals surface area contributed by atoms with Crippen LogP contribution in [0.3, 0.4) is 0 Å². The molecule has 1 heterocycles. The largest absolute Gasteiger partial charge is 2.00 e. The standard InChI is InChI=1S/C9H5FN2O3.Cu/c10-6-4-7(12(14)15)9(13)8-5(6)2-1-3-11-8;/h1-4,13H;/q;+2. The van der Waals surface area contributed by atoms with Crippen molar-refractivity contribution in [3.63, 3.8) is 0 Å². The Morgan fingerprint density at radius 2 is 2.19 bits per heavy atom. The Balaban J connectivity index is 0.00000128. The third-order valence-electron chi connectivity index (χ3n) is 1.99. The summed E-state index contributed by atoms with van der Waals surface area (Å²) < 4.78 is 13.3. The van der Waals surface area contributed by atoms with Crippen molar-refractivity contribution in [1.29, 1.82) is 0 Å². The molecule has 16 heavy (non-hydrogen) atoms. The number of phenols is 1. The molecule has 1 aromatic heterocycles. The van der Waals surface area contributed by atoms with E-state index in [-0.39, 0.29) is 28.0 Å². The summed E-state index contributed by atoms with van der Waals surface area (Å²) in [5.74, 6) is -1.39. The van der Waals surface area contributed by atoms with Crippen molar-refractivity contribution in [2.24, 2.45) is 0 Å². The molecule has 0 saturated heterocycles. The van der Waals surface area contributed by atoms with Crippen molar-refractivity contribution in [3.05, 3.63) is 40.3 Å². The summed E-state index contributed by atoms with van der Waals surface area (Å²) in [6.45, 7) is 0. The summed E-state index contributed by atoms with van der Waals surface area (Å²) in [6, 6.07) is 3.55. The molecule has 0 bridgehead atoms. The van der Waals surface area contributed by atoms with Gasteiger partial charge in [0.2, 0.25) is 5.75 Å². The van der Waals surface area contributed by atoms with Crippen molar-refractivity contribution in [2.75, 3.05) is 0 Å². The minimum atomic E-state index is -0.855. The summed E-state index contributed by atoms with van der Waals surface area (Å²) in [7, 11) is 0. The fourth-order valence-corrected chi connectivity index (χ4v) is 1.31. The van der Waals surface area contributed by atoms with Crippen LogP contribution in [0.5, 0.6) is 5.75 Å². The molecule has 0 spiro atoms. The zero-order chi connectivity index (χ0) is 11.0. The van der Waals surface area contributed by atoms with Crippen LogP contribution in [0.4, 0.5) is 10.1 Å². The first-order valence-electron chi connectivity index (χ1n) is 4.02. The number of fused-ring (bicyclic) bond motifs is 1. The van der Waals surface area contributed by atoms with Gasteiger partial charge in [-0.2, -0.15) is 0 Å². The van der Waals surface area contributed by atoms with E-state index in [0.29, 0.717) is 6.07 Å². The first-order chi connectivity index (χ1) is 7.11. The number of hydrogen-bond donors (Lipinski definition) is 1. The molecule has 0 aliphatic rings. The van der Waals surface area contributed by atoms with Crippen LogP contribution in [0.15, 0.2) is 24.4 Å². The van der Waals surface area contributed by atoms with Crippen LogP contribution in [-0.2, 0) is 17.1 Å². The van der Waals surface area contributed by atoms with Gasteiger partial charge in [0, 0.05) is 11.6 Å². The molecule has 2 rings (SSSR count). The molecule has 0 aliphatic carbocycles. The molecule has 7 heteroatoms. The summed E-state index contributed by atoms with van der Waals surface area (Å²) in [5, 5.41) is 20.0. The average molecular weight is 272 g/mol. The Kier molecular flexibility index (Phi) is 3.41. The van der Waals surface area contributed by atoms with Gasteiger partial charge in [0.1, 0.15) is 11.3 Å². The fraction of sp³-hybridized carbons (Fsp3) is 0. The molecular formula is C9H5CuFN2O3+2. The SMILES string of the molecule is O=[N+]([O-])c1cc(F)c2cccnc2c1O.[Cu+2]. The number of nitrogens with zero attached hydrogens (tertiary/aromatic N) is 2. The number of phenolic OH excluding ortho intramolecular Hbond substituents is 1. The minimum absolute atomic E-state index is 0. The molecule has 5 nitrogen and oxygen atoms in total. The van der Waals surface area contributed by atoms with E-state index >= 15 is 0 Å². The fourth-order valence-electron chi connectivity index (χ4n) is 1.31. The molecule has 0 unspecified atom stereocenters. The van der Waals surface area contributed by atoms with E-state index in [2.05, 4.69) is 4.98 Å². The molecule has 0 fully saturated rings. The topological polar surface area (TPSA) is 76.3 Å². The molecular weight excluding hydrogens is 267 g/mol. The maximum absolute atomic E-state index is 13.3. The van der Waals surface area contributed by atoms with E-state index < -0.39 is 22.2 Å². The Morgan fingerprint density at radius 3 is 2.81 bits per heavy atom. The predicted molar refractivity (Wildman–Crippen MR) is 50.0 cm³/mol. The van der Waals surface area contributed by atoms with Gasteiger partial charge in [-0.15, -0.1) is 0 Å². The van der Waals surface area contributed by atoms with Crippen LogP contribution in [0, 0.1) is 15.9 Å². The number of hydrogen-bond acceptors (Lipinski definition) is 4. The minimum Gasteiger partial charge on any atom is -0.501 e. The molecule has 0 saturated carbocycles. The molecule has 85 valence electrons. The number of nitro groups is 1. The van der Waals surface area contributed by atoms with E-state index in [0.717, 1.165) is 0 Å². The maximum atomic E-state index is 13.3. The number of halogens is 1. The van der Waals surface area contributed by atoms with Gasteiger partial charge in [-0.25, -0.2) is 4.39 Å². The first kappa shape index (κ1) is 12.3. The second-order valence-electron chi connectivity index (χ2n) is 2.88. The van der Waals surface area contributed by atoms with Gasteiger partial charge in [-0.1, -0.05) is 0 Å². The monoisotopic (exact) mass is 271 g/mol. The Bertz CT molecular complexity index is 562. The van der Waals surface area contributed by atoms with E-state index in [1.165, 1.54) is 18.3 Å². The Labute approximate surface area is 99.5 Å². The third-order valence-corrected chi connectivity index (χ3v) is 1.99. The molecule has 2 aromatic rings. The van der Waals surface area contributed by atoms with Crippen LogP contribution in [0.2, 0.25) is 0 Å². The van der Waals surface area contributed by atoms with Crippen LogP contribution in [0.1, 0.15) is 0 Å². The summed E-state index contributed by atoms with van der Waals surface area (Å²) in [5.41, 5.74) is -0.789. The quantitative estimate of drug-likeness (QED) is 0.489. The number of rotatable bonds is 1. The van der Waals surface area contributed by atoms with Gasteiger partial charge in [-0.3, -0.25) is 15.1 Å². The van der Waals surface area contributed by atoms with Crippen molar-refractivity contribution in [2.45, 2.75) is 0 Å². The smallest absolute Gasteiger partial charge is 0.501 e. The summed E-state index contributed by atoms with van der Waals surface area (Å²) in [6.07, 6.45) is 1.32. The summed E-state index contributed by atoms with van der Waals surface area (Å²) in [4.78, 5) is 13.3. The molecule has 0 aliphatic heterocycles. The van der Waals surface area contributed by atoms with Crippen molar-refractivity contribution in [1.82, 2.24) is 4.98 Å². The third kappa shape index (κ3) is 1.82. The molecule has 1 N–H and O–H groups in total. The molecule has 1 radical (unpaired) electrons. The molecule has 1 aromatic carbocycles. The van der Waals surface area contributed by atoms with Gasteiger partial charge in [0.15, 0.2) is 0 Å².